The number of rotatable bonds is 0. The summed E-state index contributed by atoms with van der Waals surface area (Å²) < 4.78 is 5.51. The third-order valence-corrected chi connectivity index (χ3v) is 1.81. The van der Waals surface area contributed by atoms with Gasteiger partial charge < -0.3 is 4.74 Å². The van der Waals surface area contributed by atoms with E-state index in [1.165, 1.54) is 5.56 Å². The molecule has 1 heterocycles. The lowest BCUT2D eigenvalue weighted by atomic mass is 10.1. The quantitative estimate of drug-likeness (QED) is 0.581. The van der Waals surface area contributed by atoms with Crippen LogP contribution in [0.3, 0.4) is 0 Å². The Kier molecular flexibility index (Phi) is 2.40. The van der Waals surface area contributed by atoms with E-state index in [0.717, 1.165) is 12.2 Å². The average molecular weight is 171 g/mol. The molecule has 0 fully saturated rings. The molecule has 1 aromatic carbocycles. The van der Waals surface area contributed by atoms with Crippen molar-refractivity contribution < 1.29 is 4.74 Å². The van der Waals surface area contributed by atoms with E-state index in [1.807, 2.05) is 12.1 Å². The Morgan fingerprint density at radius 2 is 2.09 bits per heavy atom. The molecule has 1 aliphatic rings. The largest absolute Gasteiger partial charge is 0.490 e. The Balaban J connectivity index is 0.000000605. The lowest BCUT2D eigenvalue weighted by Gasteiger charge is -2.00. The van der Waals surface area contributed by atoms with Crippen LogP contribution in [0.5, 0.6) is 5.75 Å². The van der Waals surface area contributed by atoms with Crippen LogP contribution in [0.15, 0.2) is 24.3 Å². The van der Waals surface area contributed by atoms with E-state index < -0.39 is 0 Å². The summed E-state index contributed by atoms with van der Waals surface area (Å²) in [5.74, 6) is 1.06. The molecule has 60 valence electrons. The maximum Gasteiger partial charge on any atom is 0.123 e. The van der Waals surface area contributed by atoms with Gasteiger partial charge in [0, 0.05) is 6.42 Å². The van der Waals surface area contributed by atoms with Gasteiger partial charge >= 0.3 is 0 Å². The third kappa shape index (κ3) is 1.48. The summed E-state index contributed by atoms with van der Waals surface area (Å²) in [6, 6.07) is 8.22. The van der Waals surface area contributed by atoms with Crippen molar-refractivity contribution in [1.29, 1.82) is 0 Å². The number of ether oxygens (including phenoxy) is 1. The molecule has 0 saturated heterocycles. The standard InChI is InChI=1S/C9H10O.ClH/c1-7-6-8-4-2-3-5-9(8)10-7;/h2-5,7H,6H2,1H3;1H. The highest BCUT2D eigenvalue weighted by molar-refractivity contribution is 5.85. The molecule has 2 heteroatoms. The highest BCUT2D eigenvalue weighted by Crippen LogP contribution is 2.27. The van der Waals surface area contributed by atoms with Gasteiger partial charge in [-0.1, -0.05) is 18.2 Å². The molecule has 0 radical (unpaired) electrons. The molecule has 1 aromatic rings. The Bertz CT molecular complexity index is 222. The summed E-state index contributed by atoms with van der Waals surface area (Å²) >= 11 is 0. The second-order valence-corrected chi connectivity index (χ2v) is 2.74. The molecule has 1 nitrogen and oxygen atoms in total. The molecular weight excluding hydrogens is 160 g/mol. The van der Waals surface area contributed by atoms with Crippen molar-refractivity contribution in [3.05, 3.63) is 29.8 Å². The molecule has 0 N–H and O–H groups in total. The van der Waals surface area contributed by atoms with Crippen molar-refractivity contribution >= 4 is 12.4 Å². The van der Waals surface area contributed by atoms with E-state index in [-0.39, 0.29) is 12.4 Å². The Labute approximate surface area is 72.8 Å². The molecule has 1 atom stereocenters. The van der Waals surface area contributed by atoms with Gasteiger partial charge in [-0.3, -0.25) is 0 Å². The topological polar surface area (TPSA) is 9.23 Å². The van der Waals surface area contributed by atoms with E-state index in [9.17, 15) is 0 Å². The highest BCUT2D eigenvalue weighted by Gasteiger charge is 2.16. The van der Waals surface area contributed by atoms with Gasteiger partial charge in [-0.15, -0.1) is 12.4 Å². The lowest BCUT2D eigenvalue weighted by Crippen LogP contribution is -2.05. The number of hydrogen-bond acceptors (Lipinski definition) is 1. The van der Waals surface area contributed by atoms with Crippen molar-refractivity contribution in [2.45, 2.75) is 19.4 Å². The van der Waals surface area contributed by atoms with Crippen LogP contribution in [0.25, 0.3) is 0 Å². The van der Waals surface area contributed by atoms with Crippen LogP contribution in [0.2, 0.25) is 0 Å². The Hall–Kier alpha value is -0.690. The van der Waals surface area contributed by atoms with Crippen LogP contribution in [0.1, 0.15) is 12.5 Å². The zero-order chi connectivity index (χ0) is 6.97. The normalized spacial score (nSPS) is 19.9. The maximum atomic E-state index is 5.51. The van der Waals surface area contributed by atoms with Gasteiger partial charge in [0.05, 0.1) is 0 Å². The summed E-state index contributed by atoms with van der Waals surface area (Å²) in [7, 11) is 0. The molecule has 0 aromatic heterocycles. The number of para-hydroxylation sites is 1. The zero-order valence-corrected chi connectivity index (χ0v) is 7.23. The van der Waals surface area contributed by atoms with Crippen molar-refractivity contribution in [3.8, 4) is 5.75 Å². The molecular formula is C9H11ClO. The van der Waals surface area contributed by atoms with Gasteiger partial charge in [-0.25, -0.2) is 0 Å². The maximum absolute atomic E-state index is 5.51. The summed E-state index contributed by atoms with van der Waals surface area (Å²) in [6.07, 6.45) is 1.44. The third-order valence-electron chi connectivity index (χ3n) is 1.81. The number of fused-ring (bicyclic) bond motifs is 1. The monoisotopic (exact) mass is 170 g/mol. The number of halogens is 1. The number of hydrogen-bond donors (Lipinski definition) is 0. The van der Waals surface area contributed by atoms with Gasteiger partial charge in [-0.05, 0) is 18.6 Å². The van der Waals surface area contributed by atoms with E-state index in [0.29, 0.717) is 6.10 Å². The molecule has 11 heavy (non-hydrogen) atoms. The minimum Gasteiger partial charge on any atom is -0.490 e. The van der Waals surface area contributed by atoms with E-state index >= 15 is 0 Å². The fourth-order valence-corrected chi connectivity index (χ4v) is 1.36. The number of benzene rings is 1. The fourth-order valence-electron chi connectivity index (χ4n) is 1.36. The molecule has 0 spiro atoms. The van der Waals surface area contributed by atoms with Crippen molar-refractivity contribution in [3.63, 3.8) is 0 Å². The van der Waals surface area contributed by atoms with Gasteiger partial charge in [0.15, 0.2) is 0 Å². The minimum atomic E-state index is 0. The van der Waals surface area contributed by atoms with Crippen molar-refractivity contribution in [2.75, 3.05) is 0 Å². The second-order valence-electron chi connectivity index (χ2n) is 2.74. The van der Waals surface area contributed by atoms with Crippen molar-refractivity contribution in [2.24, 2.45) is 0 Å². The summed E-state index contributed by atoms with van der Waals surface area (Å²) in [5, 5.41) is 0. The smallest absolute Gasteiger partial charge is 0.123 e. The van der Waals surface area contributed by atoms with Crippen LogP contribution in [-0.2, 0) is 6.42 Å². The van der Waals surface area contributed by atoms with Gasteiger partial charge in [0.1, 0.15) is 11.9 Å². The first-order chi connectivity index (χ1) is 4.86. The van der Waals surface area contributed by atoms with Gasteiger partial charge in [0.25, 0.3) is 0 Å². The van der Waals surface area contributed by atoms with Crippen LogP contribution < -0.4 is 4.74 Å². The molecule has 0 bridgehead atoms. The molecule has 0 saturated carbocycles. The summed E-state index contributed by atoms with van der Waals surface area (Å²) in [6.45, 7) is 2.10. The average Bonchev–Trinajstić information content (AvgIpc) is 2.27. The predicted octanol–water partition coefficient (Wildman–Crippen LogP) is 2.43. The molecule has 0 amide bonds. The Morgan fingerprint density at radius 1 is 1.36 bits per heavy atom. The molecule has 2 rings (SSSR count). The van der Waals surface area contributed by atoms with E-state index in [4.69, 9.17) is 4.74 Å². The summed E-state index contributed by atoms with van der Waals surface area (Å²) in [5.41, 5.74) is 1.34. The minimum absolute atomic E-state index is 0. The van der Waals surface area contributed by atoms with Crippen molar-refractivity contribution in [1.82, 2.24) is 0 Å². The highest BCUT2D eigenvalue weighted by atomic mass is 35.5. The Morgan fingerprint density at radius 3 is 2.82 bits per heavy atom. The lowest BCUT2D eigenvalue weighted by molar-refractivity contribution is 0.254. The second kappa shape index (κ2) is 3.14. The SMILES string of the molecule is CC1Cc2ccccc2O1.Cl. The first-order valence-electron chi connectivity index (χ1n) is 3.61. The molecule has 1 aliphatic heterocycles. The van der Waals surface area contributed by atoms with Crippen LogP contribution in [0.4, 0.5) is 0 Å². The van der Waals surface area contributed by atoms with Crippen LogP contribution in [-0.4, -0.2) is 6.10 Å². The zero-order valence-electron chi connectivity index (χ0n) is 6.41. The van der Waals surface area contributed by atoms with Crippen LogP contribution >= 0.6 is 12.4 Å². The first kappa shape index (κ1) is 8.41. The first-order valence-corrected chi connectivity index (χ1v) is 3.61. The molecule has 1 unspecified atom stereocenters. The van der Waals surface area contributed by atoms with E-state index in [2.05, 4.69) is 19.1 Å². The van der Waals surface area contributed by atoms with Crippen LogP contribution in [0, 0.1) is 0 Å². The molecule has 0 aliphatic carbocycles. The van der Waals surface area contributed by atoms with Gasteiger partial charge in [-0.2, -0.15) is 0 Å². The predicted molar refractivity (Wildman–Crippen MR) is 47.5 cm³/mol. The summed E-state index contributed by atoms with van der Waals surface area (Å²) in [4.78, 5) is 0. The van der Waals surface area contributed by atoms with E-state index in [1.54, 1.807) is 0 Å². The van der Waals surface area contributed by atoms with Gasteiger partial charge in [0.2, 0.25) is 0 Å². The fraction of sp³-hybridized carbons (Fsp3) is 0.333.